The Morgan fingerprint density at radius 1 is 1.18 bits per heavy atom. The molecule has 3 rings (SSSR count). The molecule has 2 aromatic carbocycles. The quantitative estimate of drug-likeness (QED) is 0.417. The largest absolute Gasteiger partial charge is 0.494 e. The Bertz CT molecular complexity index is 828. The van der Waals surface area contributed by atoms with Crippen molar-refractivity contribution in [2.75, 3.05) is 7.11 Å². The molecule has 0 aliphatic carbocycles. The van der Waals surface area contributed by atoms with Crippen molar-refractivity contribution >= 4 is 39.1 Å². The van der Waals surface area contributed by atoms with Crippen molar-refractivity contribution in [1.29, 1.82) is 0 Å². The van der Waals surface area contributed by atoms with Crippen LogP contribution in [0, 0.1) is 0 Å². The van der Waals surface area contributed by atoms with Gasteiger partial charge in [0.15, 0.2) is 6.40 Å². The second-order valence-corrected chi connectivity index (χ2v) is 5.32. The van der Waals surface area contributed by atoms with Gasteiger partial charge >= 0.3 is 5.97 Å². The Kier molecular flexibility index (Phi) is 4.11. The number of carbonyl (C=O) groups excluding carboxylic acids is 1. The fourth-order valence-electron chi connectivity index (χ4n) is 1.89. The van der Waals surface area contributed by atoms with Crippen LogP contribution in [0.15, 0.2) is 53.5 Å². The SMILES string of the molecule is COc1cccc2sc(N=COC(=O)c3ccccc3)nc12. The van der Waals surface area contributed by atoms with Crippen LogP contribution in [0.25, 0.3) is 10.2 Å². The number of methoxy groups -OCH3 is 1. The molecule has 0 saturated carbocycles. The number of esters is 1. The van der Waals surface area contributed by atoms with Crippen LogP contribution < -0.4 is 4.74 Å². The van der Waals surface area contributed by atoms with Crippen molar-refractivity contribution in [1.82, 2.24) is 4.98 Å². The number of fused-ring (bicyclic) bond motifs is 1. The molecule has 0 saturated heterocycles. The summed E-state index contributed by atoms with van der Waals surface area (Å²) in [5.41, 5.74) is 1.22. The van der Waals surface area contributed by atoms with Gasteiger partial charge in [-0.15, -0.1) is 0 Å². The van der Waals surface area contributed by atoms with Crippen molar-refractivity contribution in [3.8, 4) is 5.75 Å². The first kappa shape index (κ1) is 14.2. The maximum Gasteiger partial charge on any atom is 0.344 e. The number of aromatic nitrogens is 1. The molecular weight excluding hydrogens is 300 g/mol. The topological polar surface area (TPSA) is 60.8 Å². The van der Waals surface area contributed by atoms with E-state index < -0.39 is 5.97 Å². The molecule has 22 heavy (non-hydrogen) atoms. The minimum absolute atomic E-state index is 0.456. The van der Waals surface area contributed by atoms with Crippen LogP contribution >= 0.6 is 11.3 Å². The second kappa shape index (κ2) is 6.36. The minimum atomic E-state index is -0.456. The summed E-state index contributed by atoms with van der Waals surface area (Å²) in [6, 6.07) is 14.4. The van der Waals surface area contributed by atoms with E-state index >= 15 is 0 Å². The predicted molar refractivity (Wildman–Crippen MR) is 86.2 cm³/mol. The number of rotatable bonds is 4. The summed E-state index contributed by atoms with van der Waals surface area (Å²) in [4.78, 5) is 20.2. The molecule has 0 spiro atoms. The lowest BCUT2D eigenvalue weighted by Gasteiger charge is -1.97. The van der Waals surface area contributed by atoms with Crippen molar-refractivity contribution in [3.05, 3.63) is 54.1 Å². The van der Waals surface area contributed by atoms with Crippen LogP contribution in [0.1, 0.15) is 10.4 Å². The van der Waals surface area contributed by atoms with Crippen LogP contribution in [-0.2, 0) is 4.74 Å². The zero-order valence-electron chi connectivity index (χ0n) is 11.7. The maximum atomic E-state index is 11.8. The van der Waals surface area contributed by atoms with Crippen LogP contribution in [-0.4, -0.2) is 24.5 Å². The van der Waals surface area contributed by atoms with Gasteiger partial charge in [-0.2, -0.15) is 4.99 Å². The first-order chi connectivity index (χ1) is 10.8. The third-order valence-corrected chi connectivity index (χ3v) is 3.85. The number of thiazole rings is 1. The lowest BCUT2D eigenvalue weighted by molar-refractivity contribution is 0.0728. The number of hydrogen-bond acceptors (Lipinski definition) is 6. The Labute approximate surface area is 130 Å². The number of benzene rings is 2. The normalized spacial score (nSPS) is 11.0. The summed E-state index contributed by atoms with van der Waals surface area (Å²) >= 11 is 1.39. The molecule has 0 fully saturated rings. The van der Waals surface area contributed by atoms with Gasteiger partial charge in [0.05, 0.1) is 17.4 Å². The Morgan fingerprint density at radius 2 is 2.00 bits per heavy atom. The van der Waals surface area contributed by atoms with E-state index in [1.165, 1.54) is 11.3 Å². The number of carbonyl (C=O) groups is 1. The number of para-hydroxylation sites is 1. The van der Waals surface area contributed by atoms with Crippen molar-refractivity contribution in [2.24, 2.45) is 4.99 Å². The van der Waals surface area contributed by atoms with Gasteiger partial charge in [-0.3, -0.25) is 0 Å². The molecule has 3 aromatic rings. The lowest BCUT2D eigenvalue weighted by atomic mass is 10.2. The second-order valence-electron chi connectivity index (χ2n) is 4.31. The van der Waals surface area contributed by atoms with E-state index in [0.717, 1.165) is 16.6 Å². The lowest BCUT2D eigenvalue weighted by Crippen LogP contribution is -2.02. The van der Waals surface area contributed by atoms with Gasteiger partial charge in [-0.25, -0.2) is 9.78 Å². The van der Waals surface area contributed by atoms with Gasteiger partial charge in [0, 0.05) is 0 Å². The third kappa shape index (κ3) is 2.96. The van der Waals surface area contributed by atoms with Gasteiger partial charge in [0.2, 0.25) is 5.13 Å². The van der Waals surface area contributed by atoms with E-state index in [1.54, 1.807) is 31.4 Å². The smallest absolute Gasteiger partial charge is 0.344 e. The zero-order valence-corrected chi connectivity index (χ0v) is 12.5. The first-order valence-electron chi connectivity index (χ1n) is 6.50. The van der Waals surface area contributed by atoms with Crippen LogP contribution in [0.2, 0.25) is 0 Å². The van der Waals surface area contributed by atoms with Gasteiger partial charge in [-0.05, 0) is 24.3 Å². The molecule has 0 N–H and O–H groups in total. The molecule has 6 heteroatoms. The molecular formula is C16H12N2O3S. The van der Waals surface area contributed by atoms with E-state index in [2.05, 4.69) is 9.98 Å². The average molecular weight is 312 g/mol. The van der Waals surface area contributed by atoms with Crippen LogP contribution in [0.5, 0.6) is 5.75 Å². The van der Waals surface area contributed by atoms with E-state index in [-0.39, 0.29) is 0 Å². The van der Waals surface area contributed by atoms with Gasteiger partial charge in [-0.1, -0.05) is 35.6 Å². The molecule has 1 aromatic heterocycles. The molecule has 0 atom stereocenters. The summed E-state index contributed by atoms with van der Waals surface area (Å²) in [6.45, 7) is 0. The summed E-state index contributed by atoms with van der Waals surface area (Å²) in [7, 11) is 1.60. The molecule has 110 valence electrons. The number of nitrogens with zero attached hydrogens (tertiary/aromatic N) is 2. The third-order valence-electron chi connectivity index (χ3n) is 2.92. The van der Waals surface area contributed by atoms with E-state index in [9.17, 15) is 4.79 Å². The van der Waals surface area contributed by atoms with Crippen molar-refractivity contribution in [3.63, 3.8) is 0 Å². The highest BCUT2D eigenvalue weighted by Gasteiger charge is 2.08. The van der Waals surface area contributed by atoms with Gasteiger partial charge < -0.3 is 9.47 Å². The van der Waals surface area contributed by atoms with E-state index in [4.69, 9.17) is 9.47 Å². The summed E-state index contributed by atoms with van der Waals surface area (Å²) in [5, 5.41) is 0.500. The number of aliphatic imine (C=N–C) groups is 1. The average Bonchev–Trinajstić information content (AvgIpc) is 2.98. The molecule has 0 unspecified atom stereocenters. The highest BCUT2D eigenvalue weighted by atomic mass is 32.1. The predicted octanol–water partition coefficient (Wildman–Crippen LogP) is 3.82. The maximum absolute atomic E-state index is 11.8. The highest BCUT2D eigenvalue weighted by Crippen LogP contribution is 2.33. The summed E-state index contributed by atoms with van der Waals surface area (Å²) in [5.74, 6) is 0.236. The van der Waals surface area contributed by atoms with E-state index in [1.807, 2.05) is 24.3 Å². The Balaban J connectivity index is 1.74. The molecule has 1 heterocycles. The Hall–Kier alpha value is -2.73. The molecule has 0 radical (unpaired) electrons. The van der Waals surface area contributed by atoms with Crippen LogP contribution in [0.4, 0.5) is 5.13 Å². The minimum Gasteiger partial charge on any atom is -0.494 e. The van der Waals surface area contributed by atoms with Crippen molar-refractivity contribution < 1.29 is 14.3 Å². The standard InChI is InChI=1S/C16H12N2O3S/c1-20-12-8-5-9-13-14(12)18-16(22-13)17-10-21-15(19)11-6-3-2-4-7-11/h2-10H,1H3. The summed E-state index contributed by atoms with van der Waals surface area (Å²) < 4.78 is 11.2. The van der Waals surface area contributed by atoms with Crippen molar-refractivity contribution in [2.45, 2.75) is 0 Å². The monoisotopic (exact) mass is 312 g/mol. The highest BCUT2D eigenvalue weighted by molar-refractivity contribution is 7.22. The molecule has 0 aliphatic rings. The Morgan fingerprint density at radius 3 is 2.77 bits per heavy atom. The molecule has 0 amide bonds. The number of hydrogen-bond donors (Lipinski definition) is 0. The zero-order chi connectivity index (χ0) is 15.4. The molecule has 5 nitrogen and oxygen atoms in total. The first-order valence-corrected chi connectivity index (χ1v) is 7.31. The fourth-order valence-corrected chi connectivity index (χ4v) is 2.71. The van der Waals surface area contributed by atoms with E-state index in [0.29, 0.717) is 16.4 Å². The fraction of sp³-hybridized carbons (Fsp3) is 0.0625. The summed E-state index contributed by atoms with van der Waals surface area (Å²) in [6.07, 6.45) is 1.11. The van der Waals surface area contributed by atoms with Gasteiger partial charge in [0.1, 0.15) is 11.3 Å². The van der Waals surface area contributed by atoms with Gasteiger partial charge in [0.25, 0.3) is 0 Å². The molecule has 0 aliphatic heterocycles. The van der Waals surface area contributed by atoms with Crippen LogP contribution in [0.3, 0.4) is 0 Å². The molecule has 0 bridgehead atoms. The number of ether oxygens (including phenoxy) is 2.